The predicted molar refractivity (Wildman–Crippen MR) is 168 cm³/mol. The van der Waals surface area contributed by atoms with E-state index in [9.17, 15) is 9.59 Å². The fourth-order valence-corrected chi connectivity index (χ4v) is 6.03. The van der Waals surface area contributed by atoms with E-state index in [1.807, 2.05) is 0 Å². The van der Waals surface area contributed by atoms with E-state index in [2.05, 4.69) is 33.9 Å². The van der Waals surface area contributed by atoms with Crippen LogP contribution in [-0.4, -0.2) is 102 Å². The van der Waals surface area contributed by atoms with Crippen LogP contribution in [0.4, 0.5) is 24.3 Å². The van der Waals surface area contributed by atoms with Crippen LogP contribution in [0.3, 0.4) is 0 Å². The second-order valence-corrected chi connectivity index (χ2v) is 14.3. The Labute approximate surface area is 281 Å². The van der Waals surface area contributed by atoms with E-state index in [1.54, 1.807) is 34.6 Å². The molecule has 0 saturated carbocycles. The summed E-state index contributed by atoms with van der Waals surface area (Å²) in [5, 5.41) is 7.27. The lowest BCUT2D eigenvalue weighted by molar-refractivity contribution is -0.193. The Morgan fingerprint density at radius 2 is 1.81 bits per heavy atom. The van der Waals surface area contributed by atoms with Gasteiger partial charge in [0.1, 0.15) is 6.61 Å². The highest BCUT2D eigenvalue weighted by atomic mass is 31.8. The van der Waals surface area contributed by atoms with Crippen molar-refractivity contribution in [1.29, 1.82) is 1.43 Å². The normalized spacial score (nSPS) is 23.2. The molecule has 4 atom stereocenters. The lowest BCUT2D eigenvalue weighted by Gasteiger charge is -2.31. The number of hydrogen-bond acceptors (Lipinski definition) is 16. The Morgan fingerprint density at radius 1 is 1.17 bits per heavy atom. The van der Waals surface area contributed by atoms with E-state index in [-0.39, 0.29) is 56.1 Å². The Kier molecular flexibility index (Phi) is 13.0. The van der Waals surface area contributed by atoms with Gasteiger partial charge in [-0.25, -0.2) is 23.4 Å². The highest BCUT2D eigenvalue weighted by molar-refractivity contribution is 7.89. The van der Waals surface area contributed by atoms with Gasteiger partial charge in [-0.15, -0.1) is 0 Å². The third kappa shape index (κ3) is 10.1. The van der Waals surface area contributed by atoms with Crippen LogP contribution < -0.4 is 10.1 Å². The van der Waals surface area contributed by atoms with Crippen molar-refractivity contribution in [1.82, 2.24) is 19.5 Å². The molecular formula is C27H43F2N5O12P2. The van der Waals surface area contributed by atoms with Gasteiger partial charge >= 0.3 is 12.3 Å². The molecule has 0 bridgehead atoms. The van der Waals surface area contributed by atoms with Gasteiger partial charge in [-0.1, -0.05) is 0 Å². The zero-order chi connectivity index (χ0) is 37.1. The molecule has 2 aromatic heterocycles. The van der Waals surface area contributed by atoms with E-state index in [1.165, 1.54) is 10.9 Å². The average molecular weight is 734 g/mol. The van der Waals surface area contributed by atoms with Crippen LogP contribution in [-0.2, 0) is 37.3 Å². The average Bonchev–Trinajstić information content (AvgIpc) is 3.53. The molecule has 48 heavy (non-hydrogen) atoms. The first kappa shape index (κ1) is 36.4. The number of aliphatic hydroxyl groups is 1. The van der Waals surface area contributed by atoms with Crippen LogP contribution in [0.1, 0.15) is 62.5 Å². The molecule has 1 fully saturated rings. The molecule has 3 rings (SSSR count). The van der Waals surface area contributed by atoms with Crippen molar-refractivity contribution in [2.24, 2.45) is 5.92 Å². The first-order valence-electron chi connectivity index (χ1n) is 16.0. The van der Waals surface area contributed by atoms with Crippen molar-refractivity contribution in [3.63, 3.8) is 0 Å². The van der Waals surface area contributed by atoms with Crippen LogP contribution >= 0.6 is 15.8 Å². The Morgan fingerprint density at radius 3 is 2.38 bits per heavy atom. The maximum atomic E-state index is 17.0. The zero-order valence-corrected chi connectivity index (χ0v) is 29.3. The molecule has 0 unspecified atom stereocenters. The fourth-order valence-electron chi connectivity index (χ4n) is 4.57. The summed E-state index contributed by atoms with van der Waals surface area (Å²) in [4.78, 5) is 36.7. The smallest absolute Gasteiger partial charge is 0.476 e. The number of rotatable bonds is 19. The Balaban J connectivity index is 1.92. The quantitative estimate of drug-likeness (QED) is 0.105. The zero-order valence-electron chi connectivity index (χ0n) is 29.4. The van der Waals surface area contributed by atoms with Gasteiger partial charge in [0.15, 0.2) is 23.1 Å². The van der Waals surface area contributed by atoms with Gasteiger partial charge in [-0.2, -0.15) is 9.97 Å². The van der Waals surface area contributed by atoms with E-state index in [0.717, 1.165) is 6.92 Å². The number of fused-ring (bicyclic) bond motifs is 1. The summed E-state index contributed by atoms with van der Waals surface area (Å²) in [6, 6.07) is 0. The van der Waals surface area contributed by atoms with Crippen molar-refractivity contribution in [3.05, 3.63) is 6.33 Å². The van der Waals surface area contributed by atoms with E-state index < -0.39 is 75.6 Å². The molecule has 21 heteroatoms. The molecule has 3 heterocycles. The van der Waals surface area contributed by atoms with Gasteiger partial charge in [-0.05, 0) is 63.4 Å². The van der Waals surface area contributed by atoms with Crippen molar-refractivity contribution in [3.8, 4) is 5.88 Å². The molecule has 272 valence electrons. The number of hydrogen-bond donors (Lipinski definition) is 2. The summed E-state index contributed by atoms with van der Waals surface area (Å²) in [6.07, 6.45) is -4.07. The molecule has 0 aromatic carbocycles. The number of aromatic nitrogens is 4. The van der Waals surface area contributed by atoms with Crippen molar-refractivity contribution < 1.29 is 66.8 Å². The molecule has 1 aliphatic rings. The number of anilines is 1. The van der Waals surface area contributed by atoms with Crippen LogP contribution in [0.5, 0.6) is 5.88 Å². The molecule has 17 nitrogen and oxygen atoms in total. The fraction of sp³-hybridized carbons (Fsp3) is 0.741. The number of aliphatic hydroxyl groups excluding tert-OH is 1. The van der Waals surface area contributed by atoms with Crippen LogP contribution in [0.15, 0.2) is 6.33 Å². The highest BCUT2D eigenvalue weighted by Crippen LogP contribution is 2.59. The molecule has 0 amide bonds. The lowest BCUT2D eigenvalue weighted by Crippen LogP contribution is -2.42. The van der Waals surface area contributed by atoms with E-state index in [4.69, 9.17) is 44.8 Å². The van der Waals surface area contributed by atoms with Crippen LogP contribution in [0.25, 0.3) is 11.2 Å². The molecule has 0 spiro atoms. The van der Waals surface area contributed by atoms with Gasteiger partial charge < -0.3 is 43.4 Å². The van der Waals surface area contributed by atoms with Gasteiger partial charge in [0, 0.05) is 14.5 Å². The molecule has 1 aliphatic heterocycles. The third-order valence-electron chi connectivity index (χ3n) is 6.50. The molecular weight excluding hydrogens is 686 g/mol. The number of ether oxygens (including phenoxy) is 6. The first-order valence-corrected chi connectivity index (χ1v) is 17.8. The predicted octanol–water partition coefficient (Wildman–Crippen LogP) is 5.49. The van der Waals surface area contributed by atoms with Gasteiger partial charge in [-0.3, -0.25) is 13.6 Å². The van der Waals surface area contributed by atoms with Gasteiger partial charge in [0.2, 0.25) is 32.7 Å². The summed E-state index contributed by atoms with van der Waals surface area (Å²) in [5.41, 5.74) is -2.34. The summed E-state index contributed by atoms with van der Waals surface area (Å²) >= 11 is 0. The number of nitrogens with one attached hydrogen (secondary N) is 1. The second-order valence-electron chi connectivity index (χ2n) is 10.9. The minimum Gasteiger partial charge on any atom is -0.476 e. The summed E-state index contributed by atoms with van der Waals surface area (Å²) in [7, 11) is -0.771. The summed E-state index contributed by atoms with van der Waals surface area (Å²) < 4.78 is 97.1. The lowest BCUT2D eigenvalue weighted by atomic mass is 9.84. The van der Waals surface area contributed by atoms with E-state index >= 15 is 8.78 Å². The SMILES string of the molecule is [3H]CCNc1nc(OCC)c2ncn([C@@H]3O[C@](F)(COP(=P)(OCOC(=O)OC(C)C)OCOC(=O)OC(C)C)[C@@H](CCO[3H])[C@@]3(C)F)c2n1. The monoisotopic (exact) mass is 733 g/mol. The molecule has 1 saturated heterocycles. The number of carbonyl (C=O) groups is 2. The van der Waals surface area contributed by atoms with Crippen molar-refractivity contribution in [2.75, 3.05) is 45.3 Å². The number of carbonyl (C=O) groups excluding carboxylic acids is 2. The number of nitrogens with zero attached hydrogens (tertiary/aromatic N) is 4. The maximum absolute atomic E-state index is 17.0. The first-order chi connectivity index (χ1) is 23.6. The Hall–Kier alpha value is -2.92. The number of halogens is 2. The van der Waals surface area contributed by atoms with Gasteiger partial charge in [0.05, 0.1) is 31.1 Å². The van der Waals surface area contributed by atoms with Crippen molar-refractivity contribution >= 4 is 45.2 Å². The molecule has 2 N–H and O–H groups in total. The number of alkyl halides is 2. The molecule has 0 aliphatic carbocycles. The topological polar surface area (TPSA) is 193 Å². The maximum Gasteiger partial charge on any atom is 0.510 e. The largest absolute Gasteiger partial charge is 0.510 e. The number of imidazole rings is 1. The second kappa shape index (κ2) is 17.1. The molecule has 2 aromatic rings. The minimum absolute atomic E-state index is 0.0103. The highest BCUT2D eigenvalue weighted by Gasteiger charge is 2.64. The standard InChI is InChI=1S/C27H43F2N5O12P2/c1-8-30-23-32-20-19(21(33-23)38-9-2)31-13-34(20)22-26(7,28)18(10-11-35)27(29,46-22)12-41-48(47,42-14-39-24(36)44-16(3)4)43-15-40-25(37)45-17(5)6/h13,16-18,22,35,47H,8-12,14-15H2,1-7H3,(H,30,32,33)/t18-,22+,26+,27+/m0/s1/i1T,35T. The van der Waals surface area contributed by atoms with Crippen LogP contribution in [0.2, 0.25) is 0 Å². The van der Waals surface area contributed by atoms with Gasteiger partial charge in [0.25, 0.3) is 7.23 Å². The summed E-state index contributed by atoms with van der Waals surface area (Å²) in [5.74, 6) is -4.46. The Bertz CT molecular complexity index is 1450. The minimum atomic E-state index is -3.94. The van der Waals surface area contributed by atoms with Crippen molar-refractivity contribution in [2.45, 2.75) is 84.8 Å². The van der Waals surface area contributed by atoms with Crippen LogP contribution in [0, 0.1) is 5.92 Å². The molecule has 0 radical (unpaired) electrons. The summed E-state index contributed by atoms with van der Waals surface area (Å²) in [6.45, 7) is 6.53. The van der Waals surface area contributed by atoms with E-state index in [0.29, 0.717) is 0 Å². The third-order valence-corrected chi connectivity index (χ3v) is 9.02.